The molecule has 110 valence electrons. The van der Waals surface area contributed by atoms with Gasteiger partial charge in [-0.1, -0.05) is 0 Å². The maximum Gasteiger partial charge on any atom is 0.250 e. The topological polar surface area (TPSA) is 90.4 Å². The number of amides is 1. The van der Waals surface area contributed by atoms with E-state index in [9.17, 15) is 9.18 Å². The molecule has 5 N–H and O–H groups in total. The van der Waals surface area contributed by atoms with Crippen LogP contribution in [0.1, 0.15) is 10.4 Å². The smallest absolute Gasteiger partial charge is 0.250 e. The van der Waals surface area contributed by atoms with Crippen molar-refractivity contribution in [3.05, 3.63) is 53.8 Å². The van der Waals surface area contributed by atoms with Gasteiger partial charge < -0.3 is 21.5 Å². The molecular weight excluding hydrogens is 273 g/mol. The van der Waals surface area contributed by atoms with Crippen molar-refractivity contribution in [1.29, 1.82) is 0 Å². The highest BCUT2D eigenvalue weighted by Gasteiger charge is 2.09. The van der Waals surface area contributed by atoms with E-state index < -0.39 is 11.7 Å². The second kappa shape index (κ2) is 6.60. The van der Waals surface area contributed by atoms with E-state index in [1.54, 1.807) is 24.3 Å². The van der Waals surface area contributed by atoms with E-state index in [1.165, 1.54) is 12.1 Å². The summed E-state index contributed by atoms with van der Waals surface area (Å²) in [6.45, 7) is 0.815. The number of rotatable bonds is 6. The number of hydrogen-bond donors (Lipinski definition) is 3. The zero-order valence-corrected chi connectivity index (χ0v) is 11.3. The van der Waals surface area contributed by atoms with Crippen LogP contribution in [-0.2, 0) is 0 Å². The van der Waals surface area contributed by atoms with Crippen molar-refractivity contribution >= 4 is 17.3 Å². The molecule has 2 aromatic rings. The summed E-state index contributed by atoms with van der Waals surface area (Å²) in [6, 6.07) is 10.9. The molecule has 0 fully saturated rings. The van der Waals surface area contributed by atoms with Gasteiger partial charge >= 0.3 is 0 Å². The fourth-order valence-corrected chi connectivity index (χ4v) is 1.79. The van der Waals surface area contributed by atoms with Crippen molar-refractivity contribution in [3.63, 3.8) is 0 Å². The van der Waals surface area contributed by atoms with Crippen molar-refractivity contribution in [2.45, 2.75) is 0 Å². The summed E-state index contributed by atoms with van der Waals surface area (Å²) in [5.74, 6) is -0.496. The molecule has 0 bridgehead atoms. The van der Waals surface area contributed by atoms with Crippen molar-refractivity contribution in [3.8, 4) is 5.75 Å². The Hall–Kier alpha value is -2.76. The average molecular weight is 289 g/mol. The Morgan fingerprint density at radius 2 is 1.90 bits per heavy atom. The van der Waals surface area contributed by atoms with Crippen LogP contribution in [0.5, 0.6) is 5.75 Å². The summed E-state index contributed by atoms with van der Waals surface area (Å²) in [6.07, 6.45) is 0. The third-order valence-corrected chi connectivity index (χ3v) is 2.81. The number of nitrogen functional groups attached to an aromatic ring is 1. The minimum absolute atomic E-state index is 0.113. The molecule has 2 aromatic carbocycles. The first kappa shape index (κ1) is 14.6. The van der Waals surface area contributed by atoms with E-state index in [4.69, 9.17) is 16.2 Å². The van der Waals surface area contributed by atoms with Crippen molar-refractivity contribution in [2.24, 2.45) is 5.73 Å². The first-order valence-electron chi connectivity index (χ1n) is 6.38. The Morgan fingerprint density at radius 1 is 1.19 bits per heavy atom. The Morgan fingerprint density at radius 3 is 2.57 bits per heavy atom. The zero-order valence-electron chi connectivity index (χ0n) is 11.3. The van der Waals surface area contributed by atoms with Crippen LogP contribution in [0.4, 0.5) is 15.8 Å². The molecule has 0 aliphatic carbocycles. The van der Waals surface area contributed by atoms with E-state index in [-0.39, 0.29) is 5.56 Å². The number of benzene rings is 2. The first-order valence-corrected chi connectivity index (χ1v) is 6.38. The number of ether oxygens (including phenoxy) is 1. The van der Waals surface area contributed by atoms with Gasteiger partial charge in [0.1, 0.15) is 18.2 Å². The second-order valence-corrected chi connectivity index (χ2v) is 4.40. The molecule has 21 heavy (non-hydrogen) atoms. The maximum atomic E-state index is 13.1. The predicted molar refractivity (Wildman–Crippen MR) is 79.8 cm³/mol. The molecule has 0 unspecified atom stereocenters. The highest BCUT2D eigenvalue weighted by Crippen LogP contribution is 2.17. The lowest BCUT2D eigenvalue weighted by molar-refractivity contribution is 0.100. The van der Waals surface area contributed by atoms with E-state index in [1.807, 2.05) is 0 Å². The fraction of sp³-hybridized carbons (Fsp3) is 0.133. The molecular formula is C15H16FN3O2. The maximum absolute atomic E-state index is 13.1. The number of primary amides is 1. The Kier molecular flexibility index (Phi) is 4.61. The number of nitrogens with one attached hydrogen (secondary N) is 1. The van der Waals surface area contributed by atoms with E-state index >= 15 is 0 Å². The van der Waals surface area contributed by atoms with Gasteiger partial charge in [-0.25, -0.2) is 4.39 Å². The molecule has 1 amide bonds. The molecule has 0 aliphatic heterocycles. The van der Waals surface area contributed by atoms with Crippen LogP contribution in [0.3, 0.4) is 0 Å². The second-order valence-electron chi connectivity index (χ2n) is 4.40. The highest BCUT2D eigenvalue weighted by atomic mass is 19.1. The van der Waals surface area contributed by atoms with Crippen LogP contribution in [-0.4, -0.2) is 19.1 Å². The van der Waals surface area contributed by atoms with Crippen LogP contribution < -0.4 is 21.5 Å². The van der Waals surface area contributed by atoms with E-state index in [2.05, 4.69) is 5.32 Å². The lowest BCUT2D eigenvalue weighted by atomic mass is 10.1. The Balaban J connectivity index is 1.89. The van der Waals surface area contributed by atoms with Crippen LogP contribution >= 0.6 is 0 Å². The number of carbonyl (C=O) groups is 1. The minimum atomic E-state index is -0.684. The summed E-state index contributed by atoms with van der Waals surface area (Å²) in [5, 5.41) is 2.99. The minimum Gasteiger partial charge on any atom is -0.492 e. The van der Waals surface area contributed by atoms with E-state index in [0.717, 1.165) is 6.07 Å². The number of carbonyl (C=O) groups excluding carboxylic acids is 1. The molecule has 6 heteroatoms. The van der Waals surface area contributed by atoms with Gasteiger partial charge in [0.25, 0.3) is 5.91 Å². The summed E-state index contributed by atoms with van der Waals surface area (Å²) in [7, 11) is 0. The molecule has 0 atom stereocenters. The van der Waals surface area contributed by atoms with Crippen molar-refractivity contribution < 1.29 is 13.9 Å². The quantitative estimate of drug-likeness (QED) is 0.560. The first-order chi connectivity index (χ1) is 10.1. The van der Waals surface area contributed by atoms with Gasteiger partial charge in [-0.15, -0.1) is 0 Å². The van der Waals surface area contributed by atoms with E-state index in [0.29, 0.717) is 30.3 Å². The molecule has 5 nitrogen and oxygen atoms in total. The highest BCUT2D eigenvalue weighted by molar-refractivity contribution is 5.98. The molecule has 0 saturated heterocycles. The predicted octanol–water partition coefficient (Wildman–Crippen LogP) is 2.00. The summed E-state index contributed by atoms with van der Waals surface area (Å²) in [5.41, 5.74) is 12.0. The molecule has 0 spiro atoms. The largest absolute Gasteiger partial charge is 0.492 e. The lowest BCUT2D eigenvalue weighted by Crippen LogP contribution is -2.17. The Bertz CT molecular complexity index is 629. The summed E-state index contributed by atoms with van der Waals surface area (Å²) >= 11 is 0. The molecule has 0 saturated carbocycles. The summed E-state index contributed by atoms with van der Waals surface area (Å²) < 4.78 is 18.6. The lowest BCUT2D eigenvalue weighted by Gasteiger charge is -2.11. The number of anilines is 2. The number of halogens is 1. The SMILES string of the molecule is NC(=O)c1cc(F)ccc1NCCOc1ccc(N)cc1. The normalized spacial score (nSPS) is 10.1. The van der Waals surface area contributed by atoms with Gasteiger partial charge in [0, 0.05) is 17.9 Å². The van der Waals surface area contributed by atoms with Crippen LogP contribution in [0, 0.1) is 5.82 Å². The molecule has 0 aliphatic rings. The van der Waals surface area contributed by atoms with Gasteiger partial charge in [-0.2, -0.15) is 0 Å². The molecule has 0 radical (unpaired) electrons. The van der Waals surface area contributed by atoms with Crippen LogP contribution in [0.25, 0.3) is 0 Å². The van der Waals surface area contributed by atoms with Crippen LogP contribution in [0.15, 0.2) is 42.5 Å². The van der Waals surface area contributed by atoms with Crippen molar-refractivity contribution in [1.82, 2.24) is 0 Å². The third kappa shape index (κ3) is 4.10. The molecule has 2 rings (SSSR count). The van der Waals surface area contributed by atoms with Gasteiger partial charge in [0.15, 0.2) is 0 Å². The van der Waals surface area contributed by atoms with Crippen LogP contribution in [0.2, 0.25) is 0 Å². The average Bonchev–Trinajstić information content (AvgIpc) is 2.46. The third-order valence-electron chi connectivity index (χ3n) is 2.81. The monoisotopic (exact) mass is 289 g/mol. The van der Waals surface area contributed by atoms with Gasteiger partial charge in [-0.3, -0.25) is 4.79 Å². The fourth-order valence-electron chi connectivity index (χ4n) is 1.79. The number of hydrogen-bond acceptors (Lipinski definition) is 4. The molecule has 0 heterocycles. The van der Waals surface area contributed by atoms with Gasteiger partial charge in [0.05, 0.1) is 5.56 Å². The van der Waals surface area contributed by atoms with Gasteiger partial charge in [-0.05, 0) is 42.5 Å². The standard InChI is InChI=1S/C15H16FN3O2/c16-10-1-6-14(13(9-10)15(18)20)19-7-8-21-12-4-2-11(17)3-5-12/h1-6,9,19H,7-8,17H2,(H2,18,20). The van der Waals surface area contributed by atoms with Gasteiger partial charge in [0.2, 0.25) is 0 Å². The Labute approximate surface area is 121 Å². The zero-order chi connectivity index (χ0) is 15.2. The van der Waals surface area contributed by atoms with Crippen molar-refractivity contribution in [2.75, 3.05) is 24.2 Å². The number of nitrogens with two attached hydrogens (primary N) is 2. The summed E-state index contributed by atoms with van der Waals surface area (Å²) in [4.78, 5) is 11.2. The molecule has 0 aromatic heterocycles.